The van der Waals surface area contributed by atoms with Crippen molar-refractivity contribution >= 4 is 33.0 Å². The van der Waals surface area contributed by atoms with Crippen LogP contribution in [0.1, 0.15) is 31.2 Å². The van der Waals surface area contributed by atoms with Crippen LogP contribution >= 0.6 is 22.9 Å². The second-order valence-electron chi connectivity index (χ2n) is 6.82. The molecule has 1 saturated carbocycles. The van der Waals surface area contributed by atoms with E-state index in [9.17, 15) is 13.5 Å². The minimum atomic E-state index is -3.66. The Morgan fingerprint density at radius 3 is 2.63 bits per heavy atom. The van der Waals surface area contributed by atoms with E-state index in [1.807, 2.05) is 18.3 Å². The summed E-state index contributed by atoms with van der Waals surface area (Å²) in [5, 5.41) is 13.3. The summed E-state index contributed by atoms with van der Waals surface area (Å²) >= 11 is 6.86. The van der Waals surface area contributed by atoms with Gasteiger partial charge in [-0.05, 0) is 55.4 Å². The van der Waals surface area contributed by atoms with Gasteiger partial charge in [-0.1, -0.05) is 17.7 Å². The Labute approximate surface area is 169 Å². The van der Waals surface area contributed by atoms with E-state index in [1.54, 1.807) is 12.3 Å². The molecule has 3 N–H and O–H groups in total. The van der Waals surface area contributed by atoms with Crippen LogP contribution in [-0.4, -0.2) is 37.2 Å². The molecule has 9 heteroatoms. The van der Waals surface area contributed by atoms with E-state index in [4.69, 9.17) is 11.6 Å². The summed E-state index contributed by atoms with van der Waals surface area (Å²) in [4.78, 5) is 4.11. The molecule has 1 fully saturated rings. The van der Waals surface area contributed by atoms with Gasteiger partial charge in [0.05, 0.1) is 10.9 Å². The lowest BCUT2D eigenvalue weighted by Crippen LogP contribution is -2.45. The SMILES string of the molecule is O=S(=O)(N[C@H](CO)C1CCC(NCc2cccnc2)CC1)c1ccc(Cl)s1. The third-order valence-electron chi connectivity index (χ3n) is 4.98. The highest BCUT2D eigenvalue weighted by Gasteiger charge is 2.31. The van der Waals surface area contributed by atoms with Crippen LogP contribution in [0.5, 0.6) is 0 Å². The Morgan fingerprint density at radius 1 is 1.26 bits per heavy atom. The molecule has 6 nitrogen and oxygen atoms in total. The minimum Gasteiger partial charge on any atom is -0.395 e. The van der Waals surface area contributed by atoms with Crippen molar-refractivity contribution in [3.63, 3.8) is 0 Å². The quantitative estimate of drug-likeness (QED) is 0.600. The van der Waals surface area contributed by atoms with Gasteiger partial charge in [-0.3, -0.25) is 4.98 Å². The number of halogens is 1. The van der Waals surface area contributed by atoms with Gasteiger partial charge in [0, 0.05) is 31.0 Å². The largest absolute Gasteiger partial charge is 0.395 e. The molecule has 2 heterocycles. The van der Waals surface area contributed by atoms with Gasteiger partial charge in [0.15, 0.2) is 0 Å². The Kier molecular flexibility index (Phi) is 7.24. The molecule has 1 atom stereocenters. The highest BCUT2D eigenvalue weighted by molar-refractivity contribution is 7.91. The Balaban J connectivity index is 1.51. The second kappa shape index (κ2) is 9.45. The van der Waals surface area contributed by atoms with Crippen molar-refractivity contribution in [2.75, 3.05) is 6.61 Å². The summed E-state index contributed by atoms with van der Waals surface area (Å²) in [7, 11) is -3.66. The number of pyridine rings is 1. The Hall–Kier alpha value is -1.03. The van der Waals surface area contributed by atoms with Gasteiger partial charge < -0.3 is 10.4 Å². The fourth-order valence-corrected chi connectivity index (χ4v) is 6.27. The van der Waals surface area contributed by atoms with Gasteiger partial charge in [0.25, 0.3) is 0 Å². The topological polar surface area (TPSA) is 91.3 Å². The first-order valence-corrected chi connectivity index (χ1v) is 11.7. The third kappa shape index (κ3) is 5.73. The monoisotopic (exact) mass is 429 g/mol. The number of rotatable bonds is 8. The summed E-state index contributed by atoms with van der Waals surface area (Å²) in [6.07, 6.45) is 7.25. The molecule has 148 valence electrons. The zero-order valence-corrected chi connectivity index (χ0v) is 17.2. The number of hydrogen-bond donors (Lipinski definition) is 3. The van der Waals surface area contributed by atoms with Crippen LogP contribution in [0.15, 0.2) is 40.9 Å². The molecule has 0 bridgehead atoms. The predicted octanol–water partition coefficient (Wildman–Crippen LogP) is 2.78. The number of aromatic nitrogens is 1. The molecule has 0 amide bonds. The van der Waals surface area contributed by atoms with E-state index in [-0.39, 0.29) is 16.7 Å². The van der Waals surface area contributed by atoms with Gasteiger partial charge in [0.1, 0.15) is 4.21 Å². The average Bonchev–Trinajstić information content (AvgIpc) is 3.13. The smallest absolute Gasteiger partial charge is 0.250 e. The van der Waals surface area contributed by atoms with Crippen molar-refractivity contribution < 1.29 is 13.5 Å². The molecule has 1 aliphatic carbocycles. The molecule has 0 radical (unpaired) electrons. The summed E-state index contributed by atoms with van der Waals surface area (Å²) in [6.45, 7) is 0.565. The molecule has 0 saturated heterocycles. The lowest BCUT2D eigenvalue weighted by atomic mass is 9.82. The normalized spacial score (nSPS) is 21.9. The molecule has 2 aromatic rings. The fourth-order valence-electron chi connectivity index (χ4n) is 3.47. The molecule has 1 aliphatic rings. The number of aliphatic hydroxyl groups excluding tert-OH is 1. The van der Waals surface area contributed by atoms with E-state index in [0.29, 0.717) is 10.4 Å². The first-order valence-electron chi connectivity index (χ1n) is 8.99. The lowest BCUT2D eigenvalue weighted by molar-refractivity contribution is 0.175. The highest BCUT2D eigenvalue weighted by Crippen LogP contribution is 2.30. The number of hydrogen-bond acceptors (Lipinski definition) is 6. The van der Waals surface area contributed by atoms with Crippen LogP contribution in [0.25, 0.3) is 0 Å². The maximum Gasteiger partial charge on any atom is 0.250 e. The van der Waals surface area contributed by atoms with Crippen LogP contribution in [0.2, 0.25) is 4.34 Å². The van der Waals surface area contributed by atoms with E-state index in [2.05, 4.69) is 15.0 Å². The van der Waals surface area contributed by atoms with Gasteiger partial charge >= 0.3 is 0 Å². The minimum absolute atomic E-state index is 0.122. The Morgan fingerprint density at radius 2 is 2.04 bits per heavy atom. The maximum atomic E-state index is 12.5. The summed E-state index contributed by atoms with van der Waals surface area (Å²) in [6, 6.07) is 6.94. The first kappa shape index (κ1) is 20.7. The molecule has 3 rings (SSSR count). The molecule has 0 spiro atoms. The second-order valence-corrected chi connectivity index (χ2v) is 10.5. The first-order chi connectivity index (χ1) is 13.0. The van der Waals surface area contributed by atoms with Crippen LogP contribution in [0.4, 0.5) is 0 Å². The molecule has 0 unspecified atom stereocenters. The van der Waals surface area contributed by atoms with Crippen molar-refractivity contribution in [3.8, 4) is 0 Å². The summed E-state index contributed by atoms with van der Waals surface area (Å²) in [5.41, 5.74) is 1.15. The summed E-state index contributed by atoms with van der Waals surface area (Å²) in [5.74, 6) is 0.122. The molecule has 2 aromatic heterocycles. The molecule has 0 aromatic carbocycles. The van der Waals surface area contributed by atoms with Crippen LogP contribution in [0.3, 0.4) is 0 Å². The molecule has 0 aliphatic heterocycles. The standard InChI is InChI=1S/C18H24ClN3O3S2/c19-17-7-8-18(26-17)27(24,25)22-16(12-23)14-3-5-15(6-4-14)21-11-13-2-1-9-20-10-13/h1-2,7-10,14-16,21-23H,3-6,11-12H2/t14?,15?,16-/m1/s1. The Bertz CT molecular complexity index is 821. The number of nitrogens with zero attached hydrogens (tertiary/aromatic N) is 1. The van der Waals surface area contributed by atoms with Gasteiger partial charge in [-0.15, -0.1) is 11.3 Å². The number of sulfonamides is 1. The fraction of sp³-hybridized carbons (Fsp3) is 0.500. The number of aliphatic hydroxyl groups is 1. The predicted molar refractivity (Wildman–Crippen MR) is 107 cm³/mol. The van der Waals surface area contributed by atoms with Gasteiger partial charge in [-0.2, -0.15) is 0 Å². The van der Waals surface area contributed by atoms with Gasteiger partial charge in [-0.25, -0.2) is 13.1 Å². The van der Waals surface area contributed by atoms with E-state index >= 15 is 0 Å². The summed E-state index contributed by atoms with van der Waals surface area (Å²) < 4.78 is 28.3. The van der Waals surface area contributed by atoms with Crippen molar-refractivity contribution in [2.24, 2.45) is 5.92 Å². The van der Waals surface area contributed by atoms with Crippen LogP contribution in [-0.2, 0) is 16.6 Å². The van der Waals surface area contributed by atoms with Crippen molar-refractivity contribution in [3.05, 3.63) is 46.6 Å². The zero-order valence-electron chi connectivity index (χ0n) is 14.8. The van der Waals surface area contributed by atoms with Crippen molar-refractivity contribution in [1.82, 2.24) is 15.0 Å². The highest BCUT2D eigenvalue weighted by atomic mass is 35.5. The molecular weight excluding hydrogens is 406 g/mol. The van der Waals surface area contributed by atoms with E-state index in [0.717, 1.165) is 49.1 Å². The van der Waals surface area contributed by atoms with Gasteiger partial charge in [0.2, 0.25) is 10.0 Å². The number of nitrogens with one attached hydrogen (secondary N) is 2. The third-order valence-corrected chi connectivity index (χ3v) is 8.19. The van der Waals surface area contributed by atoms with Crippen molar-refractivity contribution in [2.45, 2.75) is 48.5 Å². The van der Waals surface area contributed by atoms with E-state index in [1.165, 1.54) is 6.07 Å². The molecular formula is C18H24ClN3O3S2. The molecule has 27 heavy (non-hydrogen) atoms. The average molecular weight is 430 g/mol. The maximum absolute atomic E-state index is 12.5. The van der Waals surface area contributed by atoms with Crippen LogP contribution < -0.4 is 10.0 Å². The van der Waals surface area contributed by atoms with E-state index < -0.39 is 16.1 Å². The van der Waals surface area contributed by atoms with Crippen LogP contribution in [0, 0.1) is 5.92 Å². The lowest BCUT2D eigenvalue weighted by Gasteiger charge is -2.33. The zero-order chi connectivity index (χ0) is 19.3. The van der Waals surface area contributed by atoms with Crippen molar-refractivity contribution in [1.29, 1.82) is 0 Å². The number of thiophene rings is 1.